The molecule has 6 N–H and O–H groups in total. The number of hydrazone groups is 1. The molecule has 0 aromatic heterocycles. The molecular weight excluding hydrogens is 1200 g/mol. The molecule has 0 saturated carbocycles. The first-order valence-electron chi connectivity index (χ1n) is 27.6. The fraction of sp³-hybridized carbons (Fsp3) is 0.431. The highest BCUT2D eigenvalue weighted by Gasteiger charge is 2.64. The number of benzene rings is 3. The maximum atomic E-state index is 14.3. The number of nitro benzene ring substituents is 1. The average molecular weight is 1260 g/mol. The number of nitro groups is 1. The summed E-state index contributed by atoms with van der Waals surface area (Å²) in [6, 6.07) is 10.6. The molecule has 2 fully saturated rings. The number of anilines is 2. The third-order valence-corrected chi connectivity index (χ3v) is 16.2. The summed E-state index contributed by atoms with van der Waals surface area (Å²) in [7, 11) is -0.505. The first-order chi connectivity index (χ1) is 41.5. The number of methoxy groups -OCH3 is 2. The molecule has 7 amide bonds. The van der Waals surface area contributed by atoms with Crippen LogP contribution in [0.3, 0.4) is 0 Å². The lowest BCUT2D eigenvalue weighted by Crippen LogP contribution is -2.63. The van der Waals surface area contributed by atoms with Gasteiger partial charge >= 0.3 is 12.1 Å². The summed E-state index contributed by atoms with van der Waals surface area (Å²) in [6.45, 7) is 6.24. The molecule has 4 bridgehead atoms. The summed E-state index contributed by atoms with van der Waals surface area (Å²) in [5.74, 6) is -6.73. The second kappa shape index (κ2) is 28.5. The molecule has 8 atom stereocenters. The van der Waals surface area contributed by atoms with E-state index in [9.17, 15) is 66.5 Å². The van der Waals surface area contributed by atoms with E-state index < -0.39 is 140 Å². The number of nitrogens with zero attached hydrogens (tertiary/aromatic N) is 4. The number of aliphatic hydroxyl groups is 1. The number of rotatable bonds is 21. The van der Waals surface area contributed by atoms with Crippen molar-refractivity contribution >= 4 is 92.0 Å². The Morgan fingerprint density at radius 3 is 2.39 bits per heavy atom. The molecule has 3 aromatic carbocycles. The van der Waals surface area contributed by atoms with E-state index >= 15 is 0 Å². The van der Waals surface area contributed by atoms with Gasteiger partial charge in [0.1, 0.15) is 57.8 Å². The number of epoxide rings is 1. The zero-order valence-electron chi connectivity index (χ0n) is 48.9. The van der Waals surface area contributed by atoms with Crippen LogP contribution in [0, 0.1) is 16.0 Å². The minimum Gasteiger partial charge on any atom is -0.495 e. The number of fused-ring (bicyclic) bond motifs is 5. The van der Waals surface area contributed by atoms with Gasteiger partial charge in [-0.15, -0.1) is 0 Å². The molecule has 0 aliphatic carbocycles. The number of halogens is 1. The summed E-state index contributed by atoms with van der Waals surface area (Å²) < 4.78 is 68.1. The highest BCUT2D eigenvalue weighted by atomic mass is 35.5. The predicted molar refractivity (Wildman–Crippen MR) is 315 cm³/mol. The summed E-state index contributed by atoms with van der Waals surface area (Å²) >= 11 is 6.80. The van der Waals surface area contributed by atoms with Gasteiger partial charge < -0.3 is 49.1 Å². The van der Waals surface area contributed by atoms with E-state index in [4.69, 9.17) is 40.0 Å². The van der Waals surface area contributed by atoms with E-state index in [1.165, 1.54) is 57.4 Å². The summed E-state index contributed by atoms with van der Waals surface area (Å²) in [6.07, 6.45) is 3.13. The Balaban J connectivity index is 0.983. The molecule has 0 spiro atoms. The second-order valence-corrected chi connectivity index (χ2v) is 23.4. The lowest BCUT2D eigenvalue weighted by molar-refractivity contribution is -0.385. The number of unbranched alkanes of at least 4 members (excludes halogenated alkanes) is 2. The molecule has 4 heterocycles. The molecule has 0 unspecified atom stereocenters. The first kappa shape index (κ1) is 66.9. The van der Waals surface area contributed by atoms with Crippen LogP contribution < -0.4 is 35.7 Å². The largest absolute Gasteiger partial charge is 0.495 e. The second-order valence-electron chi connectivity index (χ2n) is 21.5. The Bertz CT molecular complexity index is 3470. The summed E-state index contributed by atoms with van der Waals surface area (Å²) in [4.78, 5) is 117. The van der Waals surface area contributed by atoms with Crippen LogP contribution >= 0.6 is 11.6 Å². The standard InChI is InChI=1S/C58H67ClN8O20S/c1-32-12-11-13-45(83-7)58(76)29-44(85-56(75)62-58)33(2)53-57(4,87-53)46(28-50(71)65(5)42-25-35(24-32)26-43(82-6)52(42)59)86-51(72)30-84-38-18-15-36(16-19-38)34(3)63-64-54(73)39-20-17-37(27-41(39)67(77)78)60-55(74)40(31-88(79,80)81)61-47(68)14-9-8-10-23-66-48(69)21-22-49(66)70/h11-13,15-22,25-27,33,40,44-46,53,76H,8-10,14,23-24,28-31H2,1-7H3,(H,60,74)(H,61,68)(H,62,75)(H,64,73)(H,79,80,81)/b13-11+,32-12+,63-34+/t33-,40+,44+,45-,46+,53+,57+,58+/m1/s1. The van der Waals surface area contributed by atoms with Gasteiger partial charge in [0.15, 0.2) is 12.3 Å². The Morgan fingerprint density at radius 1 is 1.02 bits per heavy atom. The van der Waals surface area contributed by atoms with Crippen LogP contribution in [0.2, 0.25) is 5.02 Å². The van der Waals surface area contributed by atoms with E-state index in [0.717, 1.165) is 46.4 Å². The fourth-order valence-corrected chi connectivity index (χ4v) is 11.2. The van der Waals surface area contributed by atoms with Crippen molar-refractivity contribution in [3.8, 4) is 11.5 Å². The zero-order valence-corrected chi connectivity index (χ0v) is 50.5. The van der Waals surface area contributed by atoms with Gasteiger partial charge in [-0.25, -0.2) is 15.0 Å². The van der Waals surface area contributed by atoms with Crippen LogP contribution in [0.5, 0.6) is 11.5 Å². The quantitative estimate of drug-likeness (QED) is 0.0124. The molecule has 4 aliphatic heterocycles. The van der Waals surface area contributed by atoms with Gasteiger partial charge in [0.2, 0.25) is 17.7 Å². The normalized spacial score (nSPS) is 24.4. The maximum Gasteiger partial charge on any atom is 0.409 e. The van der Waals surface area contributed by atoms with Gasteiger partial charge in [-0.05, 0) is 99.7 Å². The van der Waals surface area contributed by atoms with Crippen LogP contribution in [-0.2, 0) is 64.3 Å². The van der Waals surface area contributed by atoms with Gasteiger partial charge in [-0.1, -0.05) is 48.7 Å². The number of alkyl carbamates (subject to hydrolysis) is 1. The number of imide groups is 1. The number of amides is 7. The van der Waals surface area contributed by atoms with Gasteiger partial charge in [0.05, 0.1) is 36.0 Å². The van der Waals surface area contributed by atoms with E-state index in [1.54, 1.807) is 38.1 Å². The van der Waals surface area contributed by atoms with Crippen LogP contribution in [0.15, 0.2) is 95.7 Å². The van der Waals surface area contributed by atoms with E-state index in [2.05, 4.69) is 26.5 Å². The Kier molecular flexibility index (Phi) is 21.7. The third kappa shape index (κ3) is 16.9. The molecule has 7 rings (SSSR count). The number of ether oxygens (including phenoxy) is 6. The summed E-state index contributed by atoms with van der Waals surface area (Å²) in [5.41, 5.74) is -0.0223. The van der Waals surface area contributed by atoms with E-state index in [1.807, 2.05) is 13.0 Å². The average Bonchev–Trinajstić information content (AvgIpc) is 1.74. The minimum absolute atomic E-state index is 0.115. The number of esters is 1. The minimum atomic E-state index is -4.86. The molecule has 472 valence electrons. The Hall–Kier alpha value is -8.61. The number of allylic oxidation sites excluding steroid dienone is 3. The third-order valence-electron chi connectivity index (χ3n) is 15.1. The number of nitrogens with one attached hydrogen (secondary N) is 4. The van der Waals surface area contributed by atoms with E-state index in [0.29, 0.717) is 36.3 Å². The van der Waals surface area contributed by atoms with Crippen LogP contribution in [0.1, 0.15) is 87.7 Å². The van der Waals surface area contributed by atoms with Crippen molar-refractivity contribution in [1.82, 2.24) is 21.0 Å². The van der Waals surface area contributed by atoms with Gasteiger partial charge in [0.25, 0.3) is 33.5 Å². The Labute approximate surface area is 510 Å². The zero-order chi connectivity index (χ0) is 64.4. The predicted octanol–water partition coefficient (Wildman–Crippen LogP) is 4.61. The molecule has 2 saturated heterocycles. The smallest absolute Gasteiger partial charge is 0.409 e. The fourth-order valence-electron chi connectivity index (χ4n) is 10.2. The van der Waals surface area contributed by atoms with Crippen LogP contribution in [0.4, 0.5) is 21.9 Å². The Morgan fingerprint density at radius 2 is 1.73 bits per heavy atom. The van der Waals surface area contributed by atoms with Crippen molar-refractivity contribution in [3.63, 3.8) is 0 Å². The molecule has 30 heteroatoms. The first-order valence-corrected chi connectivity index (χ1v) is 29.5. The topological polar surface area (TPSA) is 380 Å². The lowest BCUT2D eigenvalue weighted by Gasteiger charge is -2.42. The van der Waals surface area contributed by atoms with Crippen molar-refractivity contribution < 1.29 is 89.8 Å². The summed E-state index contributed by atoms with van der Waals surface area (Å²) in [5, 5.41) is 35.2. The molecule has 0 radical (unpaired) electrons. The van der Waals surface area contributed by atoms with E-state index in [-0.39, 0.29) is 48.0 Å². The molecular formula is C58H67ClN8O20S. The van der Waals surface area contributed by atoms with Crippen molar-refractivity contribution in [3.05, 3.63) is 122 Å². The van der Waals surface area contributed by atoms with Gasteiger partial charge in [-0.3, -0.25) is 53.7 Å². The van der Waals surface area contributed by atoms with Crippen LogP contribution in [0.25, 0.3) is 0 Å². The van der Waals surface area contributed by atoms with Crippen molar-refractivity contribution in [2.75, 3.05) is 50.4 Å². The van der Waals surface area contributed by atoms with Crippen molar-refractivity contribution in [1.29, 1.82) is 0 Å². The monoisotopic (exact) mass is 1260 g/mol. The molecule has 3 aromatic rings. The van der Waals surface area contributed by atoms with Gasteiger partial charge in [0, 0.05) is 63.4 Å². The molecule has 88 heavy (non-hydrogen) atoms. The lowest BCUT2D eigenvalue weighted by atomic mass is 9.83. The highest BCUT2D eigenvalue weighted by Crippen LogP contribution is 2.49. The number of hydrogen-bond donors (Lipinski definition) is 6. The van der Waals surface area contributed by atoms with Crippen molar-refractivity contribution in [2.24, 2.45) is 11.0 Å². The number of hydrogen-bond acceptors (Lipinski definition) is 20. The molecule has 4 aliphatic rings. The SMILES string of the molecule is COc1cc2cc(c1Cl)N(C)C(=O)C[C@H](OC(=O)COc1ccc(/C(C)=N/NC(=O)c3ccc(NC(=O)[C@H](CS(=O)(=O)O)NC(=O)CCCCCN4C(=O)C=CC4=O)cc3[N+](=O)[O-])cc1)[C@]1(C)O[C@H]1[C@H](C)[C@@H]1C[C@@](O)(NC(=O)O1)[C@H](OC)/C=C/C=C(\C)C2. The van der Waals surface area contributed by atoms with Crippen LogP contribution in [-0.4, -0.2) is 163 Å². The highest BCUT2D eigenvalue weighted by molar-refractivity contribution is 7.85. The van der Waals surface area contributed by atoms with Gasteiger partial charge in [-0.2, -0.15) is 13.5 Å². The maximum absolute atomic E-state index is 14.3. The van der Waals surface area contributed by atoms with Crippen molar-refractivity contribution in [2.45, 2.75) is 114 Å². The number of carbonyl (C=O) groups is 8. The number of carbonyl (C=O) groups excluding carboxylic acids is 8. The molecule has 28 nitrogen and oxygen atoms in total.